The molecule has 0 spiro atoms. The minimum atomic E-state index is -0.599. The van der Waals surface area contributed by atoms with E-state index in [1.165, 1.54) is 6.07 Å². The zero-order valence-electron chi connectivity index (χ0n) is 9.12. The van der Waals surface area contributed by atoms with Crippen molar-refractivity contribution in [3.8, 4) is 0 Å². The van der Waals surface area contributed by atoms with Crippen LogP contribution in [-0.4, -0.2) is 13.1 Å². The number of hydrogen-bond donors (Lipinski definition) is 1. The van der Waals surface area contributed by atoms with E-state index in [2.05, 4.69) is 5.32 Å². The van der Waals surface area contributed by atoms with Crippen LogP contribution in [0.5, 0.6) is 0 Å². The SMILES string of the molecule is Cc1cc(Cl)c(F)c(C2CCCNC2)c1F. The summed E-state index contributed by atoms with van der Waals surface area (Å²) in [5, 5.41) is 3.16. The molecule has 1 nitrogen and oxygen atoms in total. The smallest absolute Gasteiger partial charge is 0.148 e. The van der Waals surface area contributed by atoms with Gasteiger partial charge in [-0.15, -0.1) is 0 Å². The Labute approximate surface area is 98.8 Å². The van der Waals surface area contributed by atoms with Gasteiger partial charge in [0.05, 0.1) is 5.02 Å². The molecule has 1 atom stereocenters. The van der Waals surface area contributed by atoms with Crippen molar-refractivity contribution >= 4 is 11.6 Å². The second-order valence-electron chi connectivity index (χ2n) is 4.26. The second kappa shape index (κ2) is 4.68. The quantitative estimate of drug-likeness (QED) is 0.748. The van der Waals surface area contributed by atoms with Crippen LogP contribution in [0.4, 0.5) is 8.78 Å². The summed E-state index contributed by atoms with van der Waals surface area (Å²) in [6.45, 7) is 3.15. The van der Waals surface area contributed by atoms with Crippen LogP contribution >= 0.6 is 11.6 Å². The van der Waals surface area contributed by atoms with Gasteiger partial charge in [-0.05, 0) is 37.9 Å². The lowest BCUT2D eigenvalue weighted by molar-refractivity contribution is 0.427. The Morgan fingerprint density at radius 2 is 2.12 bits per heavy atom. The van der Waals surface area contributed by atoms with E-state index >= 15 is 0 Å². The molecule has 0 aromatic heterocycles. The number of benzene rings is 1. The van der Waals surface area contributed by atoms with Gasteiger partial charge < -0.3 is 5.32 Å². The third kappa shape index (κ3) is 2.06. The standard InChI is InChI=1S/C12H14ClF2N/c1-7-5-9(13)12(15)10(11(7)14)8-3-2-4-16-6-8/h5,8,16H,2-4,6H2,1H3. The summed E-state index contributed by atoms with van der Waals surface area (Å²) in [6, 6.07) is 1.34. The number of hydrogen-bond acceptors (Lipinski definition) is 1. The van der Waals surface area contributed by atoms with E-state index in [1.54, 1.807) is 6.92 Å². The fourth-order valence-electron chi connectivity index (χ4n) is 2.21. The van der Waals surface area contributed by atoms with Gasteiger partial charge in [0, 0.05) is 18.0 Å². The van der Waals surface area contributed by atoms with Crippen molar-refractivity contribution in [3.63, 3.8) is 0 Å². The maximum atomic E-state index is 13.9. The van der Waals surface area contributed by atoms with Crippen molar-refractivity contribution < 1.29 is 8.78 Å². The molecule has 1 saturated heterocycles. The van der Waals surface area contributed by atoms with Gasteiger partial charge in [0.25, 0.3) is 0 Å². The molecule has 16 heavy (non-hydrogen) atoms. The van der Waals surface area contributed by atoms with E-state index in [1.807, 2.05) is 0 Å². The molecule has 88 valence electrons. The minimum absolute atomic E-state index is 0.0134. The fraction of sp³-hybridized carbons (Fsp3) is 0.500. The third-order valence-corrected chi connectivity index (χ3v) is 3.35. The summed E-state index contributed by atoms with van der Waals surface area (Å²) < 4.78 is 27.7. The Bertz CT molecular complexity index is 374. The van der Waals surface area contributed by atoms with Crippen molar-refractivity contribution in [2.24, 2.45) is 0 Å². The molecular formula is C12H14ClF2N. The molecule has 1 N–H and O–H groups in total. The minimum Gasteiger partial charge on any atom is -0.316 e. The Morgan fingerprint density at radius 1 is 1.38 bits per heavy atom. The first-order valence-electron chi connectivity index (χ1n) is 5.46. The zero-order chi connectivity index (χ0) is 11.7. The topological polar surface area (TPSA) is 12.0 Å². The summed E-state index contributed by atoms with van der Waals surface area (Å²) in [7, 11) is 0. The van der Waals surface area contributed by atoms with Gasteiger partial charge in [0.15, 0.2) is 0 Å². The Kier molecular flexibility index (Phi) is 3.45. The summed E-state index contributed by atoms with van der Waals surface area (Å²) in [5.74, 6) is -1.15. The molecule has 1 unspecified atom stereocenters. The number of aryl methyl sites for hydroxylation is 1. The summed E-state index contributed by atoms with van der Waals surface area (Å²) in [4.78, 5) is 0. The summed E-state index contributed by atoms with van der Waals surface area (Å²) in [6.07, 6.45) is 1.75. The molecule has 1 aromatic carbocycles. The van der Waals surface area contributed by atoms with Crippen LogP contribution in [0, 0.1) is 18.6 Å². The van der Waals surface area contributed by atoms with E-state index < -0.39 is 11.6 Å². The molecule has 0 bridgehead atoms. The highest BCUT2D eigenvalue weighted by Crippen LogP contribution is 2.33. The molecule has 1 aliphatic rings. The zero-order valence-corrected chi connectivity index (χ0v) is 9.87. The van der Waals surface area contributed by atoms with Gasteiger partial charge in [-0.2, -0.15) is 0 Å². The van der Waals surface area contributed by atoms with Gasteiger partial charge in [0.2, 0.25) is 0 Å². The molecule has 1 heterocycles. The maximum absolute atomic E-state index is 13.9. The number of piperidine rings is 1. The first-order valence-corrected chi connectivity index (χ1v) is 5.83. The van der Waals surface area contributed by atoms with Gasteiger partial charge >= 0.3 is 0 Å². The van der Waals surface area contributed by atoms with Gasteiger partial charge in [-0.25, -0.2) is 8.78 Å². The first kappa shape index (κ1) is 11.8. The fourth-order valence-corrected chi connectivity index (χ4v) is 2.48. The van der Waals surface area contributed by atoms with Crippen LogP contribution in [0.3, 0.4) is 0 Å². The van der Waals surface area contributed by atoms with Crippen LogP contribution in [0.15, 0.2) is 6.07 Å². The third-order valence-electron chi connectivity index (χ3n) is 3.08. The Morgan fingerprint density at radius 3 is 2.75 bits per heavy atom. The molecule has 0 radical (unpaired) electrons. The number of nitrogens with one attached hydrogen (secondary N) is 1. The van der Waals surface area contributed by atoms with Crippen molar-refractivity contribution in [1.82, 2.24) is 5.32 Å². The lowest BCUT2D eigenvalue weighted by Crippen LogP contribution is -2.29. The molecule has 1 aromatic rings. The lowest BCUT2D eigenvalue weighted by Gasteiger charge is -2.24. The van der Waals surface area contributed by atoms with Crippen LogP contribution in [0.25, 0.3) is 0 Å². The summed E-state index contributed by atoms with van der Waals surface area (Å²) >= 11 is 5.75. The summed E-state index contributed by atoms with van der Waals surface area (Å²) in [5.41, 5.74) is 0.559. The van der Waals surface area contributed by atoms with E-state index in [0.717, 1.165) is 19.4 Å². The van der Waals surface area contributed by atoms with E-state index in [9.17, 15) is 8.78 Å². The number of halogens is 3. The van der Waals surface area contributed by atoms with Crippen molar-refractivity contribution in [3.05, 3.63) is 33.9 Å². The van der Waals surface area contributed by atoms with Gasteiger partial charge in [-0.3, -0.25) is 0 Å². The molecule has 4 heteroatoms. The van der Waals surface area contributed by atoms with Crippen molar-refractivity contribution in [1.29, 1.82) is 0 Å². The molecule has 2 rings (SSSR count). The molecule has 0 aliphatic carbocycles. The van der Waals surface area contributed by atoms with Crippen LogP contribution in [-0.2, 0) is 0 Å². The van der Waals surface area contributed by atoms with Crippen LogP contribution < -0.4 is 5.32 Å². The monoisotopic (exact) mass is 245 g/mol. The number of rotatable bonds is 1. The highest BCUT2D eigenvalue weighted by atomic mass is 35.5. The van der Waals surface area contributed by atoms with E-state index in [4.69, 9.17) is 11.6 Å². The average molecular weight is 246 g/mol. The molecule has 1 fully saturated rings. The van der Waals surface area contributed by atoms with Gasteiger partial charge in [-0.1, -0.05) is 11.6 Å². The molecular weight excluding hydrogens is 232 g/mol. The van der Waals surface area contributed by atoms with Gasteiger partial charge in [0.1, 0.15) is 11.6 Å². The Hall–Kier alpha value is -0.670. The van der Waals surface area contributed by atoms with E-state index in [-0.39, 0.29) is 16.5 Å². The highest BCUT2D eigenvalue weighted by molar-refractivity contribution is 6.30. The van der Waals surface area contributed by atoms with Crippen LogP contribution in [0.1, 0.15) is 29.9 Å². The van der Waals surface area contributed by atoms with Crippen molar-refractivity contribution in [2.75, 3.05) is 13.1 Å². The molecule has 0 amide bonds. The average Bonchev–Trinajstić information content (AvgIpc) is 2.28. The largest absolute Gasteiger partial charge is 0.316 e. The lowest BCUT2D eigenvalue weighted by atomic mass is 9.90. The molecule has 1 aliphatic heterocycles. The highest BCUT2D eigenvalue weighted by Gasteiger charge is 2.25. The molecule has 0 saturated carbocycles. The Balaban J connectivity index is 2.45. The predicted molar refractivity (Wildman–Crippen MR) is 60.9 cm³/mol. The normalized spacial score (nSPS) is 21.1. The van der Waals surface area contributed by atoms with Crippen LogP contribution in [0.2, 0.25) is 5.02 Å². The van der Waals surface area contributed by atoms with Crippen molar-refractivity contribution in [2.45, 2.75) is 25.7 Å². The maximum Gasteiger partial charge on any atom is 0.148 e. The second-order valence-corrected chi connectivity index (χ2v) is 4.67. The first-order chi connectivity index (χ1) is 7.61. The van der Waals surface area contributed by atoms with E-state index in [0.29, 0.717) is 12.1 Å². The predicted octanol–water partition coefficient (Wildman–Crippen LogP) is 3.39.